The van der Waals surface area contributed by atoms with Gasteiger partial charge in [0.05, 0.1) is 6.54 Å². The standard InChI is InChI=1S/C19H15ClFN3O3/c1-11-6-7-13(20)8-16(11)23-17(25)14-9-22-19(27)24(18(14)26)10-12-4-2-3-5-15(12)21/h2-9H,10H2,1H3,(H,22,27)(H,23,25). The van der Waals surface area contributed by atoms with Crippen LogP contribution >= 0.6 is 11.6 Å². The predicted molar refractivity (Wildman–Crippen MR) is 101 cm³/mol. The fourth-order valence-corrected chi connectivity index (χ4v) is 2.71. The number of nitrogens with zero attached hydrogens (tertiary/aromatic N) is 1. The Hall–Kier alpha value is -3.19. The molecule has 6 nitrogen and oxygen atoms in total. The molecule has 0 aliphatic carbocycles. The van der Waals surface area contributed by atoms with Gasteiger partial charge in [-0.15, -0.1) is 0 Å². The van der Waals surface area contributed by atoms with Crippen LogP contribution in [0.1, 0.15) is 21.5 Å². The van der Waals surface area contributed by atoms with Crippen LogP contribution in [0.4, 0.5) is 10.1 Å². The number of carbonyl (C=O) groups is 1. The Bertz CT molecular complexity index is 1140. The normalized spacial score (nSPS) is 10.6. The van der Waals surface area contributed by atoms with Gasteiger partial charge in [0.25, 0.3) is 11.5 Å². The van der Waals surface area contributed by atoms with Gasteiger partial charge < -0.3 is 10.3 Å². The Labute approximate surface area is 158 Å². The highest BCUT2D eigenvalue weighted by Crippen LogP contribution is 2.20. The lowest BCUT2D eigenvalue weighted by Crippen LogP contribution is -2.39. The van der Waals surface area contributed by atoms with Crippen LogP contribution < -0.4 is 16.6 Å². The summed E-state index contributed by atoms with van der Waals surface area (Å²) in [5.74, 6) is -1.25. The first-order chi connectivity index (χ1) is 12.9. The molecule has 138 valence electrons. The monoisotopic (exact) mass is 387 g/mol. The van der Waals surface area contributed by atoms with Crippen molar-refractivity contribution >= 4 is 23.2 Å². The Morgan fingerprint density at radius 3 is 2.70 bits per heavy atom. The molecule has 8 heteroatoms. The topological polar surface area (TPSA) is 84.0 Å². The number of hydrogen-bond donors (Lipinski definition) is 2. The maximum atomic E-state index is 13.8. The third-order valence-electron chi connectivity index (χ3n) is 4.04. The van der Waals surface area contributed by atoms with E-state index in [0.29, 0.717) is 10.7 Å². The summed E-state index contributed by atoms with van der Waals surface area (Å²) in [5.41, 5.74) is -0.473. The van der Waals surface area contributed by atoms with Gasteiger partial charge in [-0.2, -0.15) is 0 Å². The van der Waals surface area contributed by atoms with E-state index in [9.17, 15) is 18.8 Å². The summed E-state index contributed by atoms with van der Waals surface area (Å²) in [5, 5.41) is 3.02. The van der Waals surface area contributed by atoms with Gasteiger partial charge in [0.2, 0.25) is 0 Å². The predicted octanol–water partition coefficient (Wildman–Crippen LogP) is 2.94. The van der Waals surface area contributed by atoms with Crippen molar-refractivity contribution in [2.75, 3.05) is 5.32 Å². The van der Waals surface area contributed by atoms with Crippen molar-refractivity contribution in [3.05, 3.63) is 97.0 Å². The lowest BCUT2D eigenvalue weighted by atomic mass is 10.2. The fourth-order valence-electron chi connectivity index (χ4n) is 2.53. The van der Waals surface area contributed by atoms with Gasteiger partial charge in [-0.3, -0.25) is 14.2 Å². The van der Waals surface area contributed by atoms with Crippen LogP contribution in [0.15, 0.2) is 58.3 Å². The van der Waals surface area contributed by atoms with Gasteiger partial charge in [-0.25, -0.2) is 9.18 Å². The molecule has 0 aliphatic rings. The van der Waals surface area contributed by atoms with Gasteiger partial charge in [0.1, 0.15) is 11.4 Å². The molecule has 3 aromatic rings. The SMILES string of the molecule is Cc1ccc(Cl)cc1NC(=O)c1c[nH]c(=O)n(Cc2ccccc2F)c1=O. The molecule has 2 N–H and O–H groups in total. The number of carbonyl (C=O) groups excluding carboxylic acids is 1. The van der Waals surface area contributed by atoms with Crippen molar-refractivity contribution in [1.29, 1.82) is 0 Å². The fraction of sp³-hybridized carbons (Fsp3) is 0.105. The number of hydrogen-bond acceptors (Lipinski definition) is 3. The molecule has 3 rings (SSSR count). The van der Waals surface area contributed by atoms with E-state index >= 15 is 0 Å². The minimum Gasteiger partial charge on any atom is -0.321 e. The molecule has 1 heterocycles. The Morgan fingerprint density at radius 1 is 1.22 bits per heavy atom. The molecule has 0 fully saturated rings. The summed E-state index contributed by atoms with van der Waals surface area (Å²) in [6, 6.07) is 10.7. The number of aryl methyl sites for hydroxylation is 1. The second-order valence-electron chi connectivity index (χ2n) is 5.90. The van der Waals surface area contributed by atoms with Crippen LogP contribution in [-0.2, 0) is 6.54 Å². The maximum absolute atomic E-state index is 13.8. The Morgan fingerprint density at radius 2 is 1.96 bits per heavy atom. The van der Waals surface area contributed by atoms with Crippen LogP contribution in [0, 0.1) is 12.7 Å². The minimum atomic E-state index is -0.820. The zero-order valence-electron chi connectivity index (χ0n) is 14.3. The summed E-state index contributed by atoms with van der Waals surface area (Å²) in [4.78, 5) is 39.5. The largest absolute Gasteiger partial charge is 0.328 e. The average Bonchev–Trinajstić information content (AvgIpc) is 2.63. The van der Waals surface area contributed by atoms with E-state index in [1.54, 1.807) is 31.2 Å². The van der Waals surface area contributed by atoms with Crippen LogP contribution in [0.2, 0.25) is 5.02 Å². The second kappa shape index (κ2) is 7.59. The molecule has 27 heavy (non-hydrogen) atoms. The maximum Gasteiger partial charge on any atom is 0.328 e. The highest BCUT2D eigenvalue weighted by molar-refractivity contribution is 6.31. The molecule has 0 unspecified atom stereocenters. The van der Waals surface area contributed by atoms with E-state index in [1.165, 1.54) is 18.2 Å². The highest BCUT2D eigenvalue weighted by Gasteiger charge is 2.17. The third-order valence-corrected chi connectivity index (χ3v) is 4.27. The number of anilines is 1. The van der Waals surface area contributed by atoms with Gasteiger partial charge >= 0.3 is 5.69 Å². The van der Waals surface area contributed by atoms with E-state index in [1.807, 2.05) is 0 Å². The lowest BCUT2D eigenvalue weighted by molar-refractivity contribution is 0.102. The molecular formula is C19H15ClFN3O3. The number of amides is 1. The second-order valence-corrected chi connectivity index (χ2v) is 6.34. The zero-order valence-corrected chi connectivity index (χ0v) is 15.0. The van der Waals surface area contributed by atoms with Crippen molar-refractivity contribution in [3.8, 4) is 0 Å². The first-order valence-corrected chi connectivity index (χ1v) is 8.38. The quantitative estimate of drug-likeness (QED) is 0.722. The average molecular weight is 388 g/mol. The van der Waals surface area contributed by atoms with E-state index in [-0.39, 0.29) is 17.7 Å². The number of halogens is 2. The molecule has 1 aromatic heterocycles. The number of aromatic nitrogens is 2. The minimum absolute atomic E-state index is 0.161. The van der Waals surface area contributed by atoms with Gasteiger partial charge in [-0.05, 0) is 30.7 Å². The number of H-pyrrole nitrogens is 1. The van der Waals surface area contributed by atoms with Crippen LogP contribution in [0.25, 0.3) is 0 Å². The van der Waals surface area contributed by atoms with Crippen molar-refractivity contribution < 1.29 is 9.18 Å². The smallest absolute Gasteiger partial charge is 0.321 e. The van der Waals surface area contributed by atoms with Crippen molar-refractivity contribution in [1.82, 2.24) is 9.55 Å². The van der Waals surface area contributed by atoms with E-state index < -0.39 is 23.0 Å². The number of aromatic amines is 1. The number of benzene rings is 2. The molecule has 0 bridgehead atoms. The van der Waals surface area contributed by atoms with Crippen molar-refractivity contribution in [2.24, 2.45) is 0 Å². The third kappa shape index (κ3) is 3.98. The highest BCUT2D eigenvalue weighted by atomic mass is 35.5. The number of rotatable bonds is 4. The molecular weight excluding hydrogens is 373 g/mol. The molecule has 0 atom stereocenters. The van der Waals surface area contributed by atoms with Gasteiger partial charge in [0, 0.05) is 22.5 Å². The van der Waals surface area contributed by atoms with Gasteiger partial charge in [-0.1, -0.05) is 35.9 Å². The molecule has 1 amide bonds. The summed E-state index contributed by atoms with van der Waals surface area (Å²) in [6.07, 6.45) is 1.04. The Kier molecular flexibility index (Phi) is 5.23. The molecule has 2 aromatic carbocycles. The van der Waals surface area contributed by atoms with Crippen LogP contribution in [-0.4, -0.2) is 15.5 Å². The molecule has 0 radical (unpaired) electrons. The zero-order chi connectivity index (χ0) is 19.6. The lowest BCUT2D eigenvalue weighted by Gasteiger charge is -2.10. The van der Waals surface area contributed by atoms with E-state index in [2.05, 4.69) is 10.3 Å². The van der Waals surface area contributed by atoms with E-state index in [4.69, 9.17) is 11.6 Å². The first kappa shape index (κ1) is 18.6. The number of nitrogens with one attached hydrogen (secondary N) is 2. The summed E-state index contributed by atoms with van der Waals surface area (Å²) >= 11 is 5.93. The summed E-state index contributed by atoms with van der Waals surface area (Å²) in [6.45, 7) is 1.48. The van der Waals surface area contributed by atoms with Crippen molar-refractivity contribution in [2.45, 2.75) is 13.5 Å². The first-order valence-electron chi connectivity index (χ1n) is 8.00. The molecule has 0 saturated heterocycles. The molecule has 0 spiro atoms. The molecule has 0 saturated carbocycles. The molecule has 0 aliphatic heterocycles. The van der Waals surface area contributed by atoms with Crippen LogP contribution in [0.5, 0.6) is 0 Å². The summed E-state index contributed by atoms with van der Waals surface area (Å²) in [7, 11) is 0. The Balaban J connectivity index is 1.96. The van der Waals surface area contributed by atoms with E-state index in [0.717, 1.165) is 16.3 Å². The van der Waals surface area contributed by atoms with Crippen LogP contribution in [0.3, 0.4) is 0 Å². The summed E-state index contributed by atoms with van der Waals surface area (Å²) < 4.78 is 14.6. The van der Waals surface area contributed by atoms with Crippen molar-refractivity contribution in [3.63, 3.8) is 0 Å². The van der Waals surface area contributed by atoms with Gasteiger partial charge in [0.15, 0.2) is 0 Å².